The van der Waals surface area contributed by atoms with Crippen LogP contribution in [0.25, 0.3) is 0 Å². The molecule has 1 aliphatic rings. The summed E-state index contributed by atoms with van der Waals surface area (Å²) in [5, 5.41) is 0. The molecule has 0 unspecified atom stereocenters. The Morgan fingerprint density at radius 1 is 1.08 bits per heavy atom. The Kier molecular flexibility index (Phi) is 9.15. The maximum absolute atomic E-state index is 11.4. The number of thiocarbonyl (C=S) groups is 1. The lowest BCUT2D eigenvalue weighted by Crippen LogP contribution is -2.53. The highest BCUT2D eigenvalue weighted by molar-refractivity contribution is 8.22. The number of ether oxygens (including phenoxy) is 5. The van der Waals surface area contributed by atoms with Gasteiger partial charge in [0, 0.05) is 27.2 Å². The largest absolute Gasteiger partial charge is 0.479 e. The summed E-state index contributed by atoms with van der Waals surface area (Å²) in [6.07, 6.45) is -2.20. The molecule has 0 spiro atoms. The first-order valence-electron chi connectivity index (χ1n) is 7.69. The SMILES string of the molecule is CCOC(=S)S[C@H]1C[C@H](OC(C)=O)[C@H](OC(C)=O)[C@@H](COC(C)=O)O1. The first-order valence-corrected chi connectivity index (χ1v) is 8.98. The molecule has 0 amide bonds. The highest BCUT2D eigenvalue weighted by Gasteiger charge is 2.44. The predicted molar refractivity (Wildman–Crippen MR) is 92.8 cm³/mol. The predicted octanol–water partition coefficient (Wildman–Crippen LogP) is 1.58. The third kappa shape index (κ3) is 8.02. The summed E-state index contributed by atoms with van der Waals surface area (Å²) in [7, 11) is 0. The smallest absolute Gasteiger partial charge is 0.303 e. The van der Waals surface area contributed by atoms with Crippen LogP contribution in [0.1, 0.15) is 34.1 Å². The van der Waals surface area contributed by atoms with Crippen LogP contribution in [0, 0.1) is 0 Å². The summed E-state index contributed by atoms with van der Waals surface area (Å²) in [6.45, 7) is 5.82. The van der Waals surface area contributed by atoms with E-state index in [0.717, 1.165) is 11.8 Å². The van der Waals surface area contributed by atoms with E-state index in [1.807, 2.05) is 0 Å². The number of rotatable bonds is 6. The number of thioether (sulfide) groups is 1. The van der Waals surface area contributed by atoms with Crippen LogP contribution in [0.2, 0.25) is 0 Å². The third-order valence-electron chi connectivity index (χ3n) is 3.04. The molecule has 4 atom stereocenters. The molecule has 1 heterocycles. The second-order valence-corrected chi connectivity index (χ2v) is 6.93. The zero-order chi connectivity index (χ0) is 19.0. The van der Waals surface area contributed by atoms with Gasteiger partial charge in [0.15, 0.2) is 6.10 Å². The molecule has 8 nitrogen and oxygen atoms in total. The molecule has 0 saturated carbocycles. The van der Waals surface area contributed by atoms with E-state index < -0.39 is 41.7 Å². The average Bonchev–Trinajstić information content (AvgIpc) is 2.47. The Labute approximate surface area is 155 Å². The fraction of sp³-hybridized carbons (Fsp3) is 0.733. The quantitative estimate of drug-likeness (QED) is 0.375. The van der Waals surface area contributed by atoms with Crippen molar-refractivity contribution < 1.29 is 38.1 Å². The average molecular weight is 394 g/mol. The Hall–Kier alpha value is -1.39. The van der Waals surface area contributed by atoms with E-state index in [1.54, 1.807) is 6.92 Å². The molecule has 10 heteroatoms. The van der Waals surface area contributed by atoms with Crippen molar-refractivity contribution in [1.29, 1.82) is 0 Å². The number of hydrogen-bond acceptors (Lipinski definition) is 10. The van der Waals surface area contributed by atoms with Crippen LogP contribution in [0.15, 0.2) is 0 Å². The van der Waals surface area contributed by atoms with Crippen LogP contribution in [-0.2, 0) is 38.1 Å². The van der Waals surface area contributed by atoms with Crippen molar-refractivity contribution in [1.82, 2.24) is 0 Å². The van der Waals surface area contributed by atoms with Gasteiger partial charge in [-0.2, -0.15) is 0 Å². The van der Waals surface area contributed by atoms with E-state index in [9.17, 15) is 14.4 Å². The van der Waals surface area contributed by atoms with Gasteiger partial charge in [0.1, 0.15) is 24.3 Å². The van der Waals surface area contributed by atoms with Crippen molar-refractivity contribution in [3.63, 3.8) is 0 Å². The molecule has 0 radical (unpaired) electrons. The number of hydrogen-bond donors (Lipinski definition) is 0. The first-order chi connectivity index (χ1) is 11.7. The van der Waals surface area contributed by atoms with Gasteiger partial charge in [-0.05, 0) is 30.9 Å². The van der Waals surface area contributed by atoms with Crippen LogP contribution in [0.4, 0.5) is 0 Å². The van der Waals surface area contributed by atoms with Crippen molar-refractivity contribution in [2.45, 2.75) is 57.9 Å². The molecule has 1 aliphatic heterocycles. The molecular formula is C15H22O8S2. The summed E-state index contributed by atoms with van der Waals surface area (Å²) in [5.41, 5.74) is -0.504. The van der Waals surface area contributed by atoms with Gasteiger partial charge in [0.25, 0.3) is 0 Å². The van der Waals surface area contributed by atoms with Crippen LogP contribution in [0.5, 0.6) is 0 Å². The first kappa shape index (κ1) is 21.7. The minimum atomic E-state index is -0.890. The minimum Gasteiger partial charge on any atom is -0.479 e. The molecule has 25 heavy (non-hydrogen) atoms. The molecule has 1 saturated heterocycles. The third-order valence-corrected chi connectivity index (χ3v) is 4.33. The second kappa shape index (κ2) is 10.6. The Bertz CT molecular complexity index is 510. The Morgan fingerprint density at radius 3 is 2.24 bits per heavy atom. The topological polar surface area (TPSA) is 97.4 Å². The van der Waals surface area contributed by atoms with Crippen LogP contribution in [-0.4, -0.2) is 59.3 Å². The fourth-order valence-corrected chi connectivity index (χ4v) is 3.56. The van der Waals surface area contributed by atoms with Gasteiger partial charge in [0.05, 0.1) is 6.61 Å². The van der Waals surface area contributed by atoms with E-state index in [1.165, 1.54) is 20.8 Å². The molecule has 0 aliphatic carbocycles. The maximum Gasteiger partial charge on any atom is 0.303 e. The van der Waals surface area contributed by atoms with Crippen LogP contribution >= 0.6 is 24.0 Å². The summed E-state index contributed by atoms with van der Waals surface area (Å²) < 4.78 is 26.8. The number of esters is 3. The lowest BCUT2D eigenvalue weighted by atomic mass is 10.0. The van der Waals surface area contributed by atoms with Crippen LogP contribution < -0.4 is 0 Å². The number of carbonyl (C=O) groups is 3. The highest BCUT2D eigenvalue weighted by Crippen LogP contribution is 2.32. The van der Waals surface area contributed by atoms with E-state index in [2.05, 4.69) is 0 Å². The Balaban J connectivity index is 2.93. The summed E-state index contributed by atoms with van der Waals surface area (Å²) in [4.78, 5) is 33.9. The summed E-state index contributed by atoms with van der Waals surface area (Å²) in [6, 6.07) is 0. The van der Waals surface area contributed by atoms with Crippen molar-refractivity contribution in [2.75, 3.05) is 13.2 Å². The molecule has 0 bridgehead atoms. The Morgan fingerprint density at radius 2 is 1.72 bits per heavy atom. The van der Waals surface area contributed by atoms with Gasteiger partial charge in [-0.15, -0.1) is 0 Å². The van der Waals surface area contributed by atoms with Crippen molar-refractivity contribution >= 4 is 46.3 Å². The van der Waals surface area contributed by atoms with E-state index >= 15 is 0 Å². The fourth-order valence-electron chi connectivity index (χ4n) is 2.23. The lowest BCUT2D eigenvalue weighted by molar-refractivity contribution is -0.204. The molecular weight excluding hydrogens is 372 g/mol. The number of carbonyl (C=O) groups excluding carboxylic acids is 3. The zero-order valence-corrected chi connectivity index (χ0v) is 16.1. The van der Waals surface area contributed by atoms with Gasteiger partial charge in [-0.3, -0.25) is 14.4 Å². The minimum absolute atomic E-state index is 0.149. The van der Waals surface area contributed by atoms with Gasteiger partial charge >= 0.3 is 17.9 Å². The van der Waals surface area contributed by atoms with Crippen LogP contribution in [0.3, 0.4) is 0 Å². The maximum atomic E-state index is 11.4. The van der Waals surface area contributed by atoms with Gasteiger partial charge in [-0.1, -0.05) is 0 Å². The molecule has 1 rings (SSSR count). The molecule has 142 valence electrons. The lowest BCUT2D eigenvalue weighted by Gasteiger charge is -2.39. The highest BCUT2D eigenvalue weighted by atomic mass is 32.2. The second-order valence-electron chi connectivity index (χ2n) is 5.17. The zero-order valence-electron chi connectivity index (χ0n) is 14.5. The monoisotopic (exact) mass is 394 g/mol. The van der Waals surface area contributed by atoms with Crippen molar-refractivity contribution in [3.05, 3.63) is 0 Å². The molecule has 0 aromatic rings. The molecule has 0 aromatic carbocycles. The normalized spacial score (nSPS) is 25.6. The van der Waals surface area contributed by atoms with E-state index in [-0.39, 0.29) is 17.4 Å². The van der Waals surface area contributed by atoms with E-state index in [4.69, 9.17) is 35.9 Å². The van der Waals surface area contributed by atoms with Gasteiger partial charge in [-0.25, -0.2) is 0 Å². The van der Waals surface area contributed by atoms with Gasteiger partial charge < -0.3 is 23.7 Å². The summed E-state index contributed by atoms with van der Waals surface area (Å²) >= 11 is 6.24. The molecule has 0 aromatic heterocycles. The standard InChI is InChI=1S/C15H22O8S2/c1-5-19-15(24)25-13-6-11(21-9(3)17)14(22-10(4)18)12(23-13)7-20-8(2)16/h11-14H,5-7H2,1-4H3/t11-,12+,13-,14-/m0/s1. The van der Waals surface area contributed by atoms with E-state index in [0.29, 0.717) is 6.61 Å². The molecule has 1 fully saturated rings. The van der Waals surface area contributed by atoms with Gasteiger partial charge in [0.2, 0.25) is 4.38 Å². The summed E-state index contributed by atoms with van der Waals surface area (Å²) in [5.74, 6) is -1.59. The van der Waals surface area contributed by atoms with Crippen molar-refractivity contribution in [3.8, 4) is 0 Å². The molecule has 0 N–H and O–H groups in total. The van der Waals surface area contributed by atoms with Crippen molar-refractivity contribution in [2.24, 2.45) is 0 Å².